The molecule has 0 spiro atoms. The first-order valence-electron chi connectivity index (χ1n) is 7.20. The van der Waals surface area contributed by atoms with Crippen molar-refractivity contribution >= 4 is 39.3 Å². The number of carbonyl (C=O) groups excluding carboxylic acids is 2. The van der Waals surface area contributed by atoms with Gasteiger partial charge >= 0.3 is 0 Å². The molecular weight excluding hydrogens is 342 g/mol. The predicted molar refractivity (Wildman–Crippen MR) is 97.5 cm³/mol. The number of nitrogens with one attached hydrogen (secondary N) is 2. The van der Waals surface area contributed by atoms with Gasteiger partial charge in [-0.25, -0.2) is 8.42 Å². The molecule has 2 rings (SSSR count). The molecule has 0 aliphatic carbocycles. The van der Waals surface area contributed by atoms with Gasteiger partial charge in [-0.15, -0.1) is 0 Å². The maximum atomic E-state index is 11.9. The molecule has 7 nitrogen and oxygen atoms in total. The van der Waals surface area contributed by atoms with E-state index in [0.29, 0.717) is 16.9 Å². The molecule has 0 bridgehead atoms. The highest BCUT2D eigenvalue weighted by Crippen LogP contribution is 2.13. The summed E-state index contributed by atoms with van der Waals surface area (Å²) in [4.78, 5) is 23.0. The summed E-state index contributed by atoms with van der Waals surface area (Å²) >= 11 is 0. The van der Waals surface area contributed by atoms with Gasteiger partial charge in [0.15, 0.2) is 0 Å². The fourth-order valence-corrected chi connectivity index (χ4v) is 2.55. The Morgan fingerprint density at radius 3 is 2.32 bits per heavy atom. The first-order chi connectivity index (χ1) is 11.7. The van der Waals surface area contributed by atoms with Crippen molar-refractivity contribution in [2.75, 3.05) is 16.3 Å². The first kappa shape index (κ1) is 18.2. The molecule has 25 heavy (non-hydrogen) atoms. The normalized spacial score (nSPS) is 11.2. The van der Waals surface area contributed by atoms with Gasteiger partial charge < -0.3 is 11.1 Å². The molecule has 8 heteroatoms. The molecule has 0 aliphatic heterocycles. The van der Waals surface area contributed by atoms with Crippen molar-refractivity contribution in [3.63, 3.8) is 0 Å². The third-order valence-corrected chi connectivity index (χ3v) is 3.66. The van der Waals surface area contributed by atoms with Crippen LogP contribution in [0.5, 0.6) is 0 Å². The fourth-order valence-electron chi connectivity index (χ4n) is 1.98. The molecule has 0 fully saturated rings. The molecule has 0 saturated heterocycles. The van der Waals surface area contributed by atoms with Gasteiger partial charge in [-0.05, 0) is 42.0 Å². The van der Waals surface area contributed by atoms with E-state index in [0.717, 1.165) is 11.8 Å². The van der Waals surface area contributed by atoms with Crippen LogP contribution >= 0.6 is 0 Å². The van der Waals surface area contributed by atoms with Crippen LogP contribution in [0.15, 0.2) is 54.6 Å². The van der Waals surface area contributed by atoms with Crippen LogP contribution in [0.4, 0.5) is 11.4 Å². The third-order valence-electron chi connectivity index (χ3n) is 3.06. The van der Waals surface area contributed by atoms with Crippen LogP contribution in [0.25, 0.3) is 6.08 Å². The fraction of sp³-hybridized carbons (Fsp3) is 0.0588. The Hall–Kier alpha value is -3.13. The lowest BCUT2D eigenvalue weighted by molar-refractivity contribution is -0.111. The number of benzene rings is 2. The number of rotatable bonds is 6. The van der Waals surface area contributed by atoms with E-state index in [4.69, 9.17) is 5.73 Å². The Bertz CT molecular complexity index is 919. The molecule has 0 atom stereocenters. The second-order valence-corrected chi connectivity index (χ2v) is 7.01. The SMILES string of the molecule is CS(=O)(=O)Nc1ccc(/C=C/C(=O)Nc2cccc(C(N)=O)c2)cc1. The van der Waals surface area contributed by atoms with Crippen LogP contribution < -0.4 is 15.8 Å². The molecule has 0 aliphatic rings. The van der Waals surface area contributed by atoms with Crippen molar-refractivity contribution in [2.24, 2.45) is 5.73 Å². The Labute approximate surface area is 145 Å². The van der Waals surface area contributed by atoms with E-state index in [-0.39, 0.29) is 5.91 Å². The highest BCUT2D eigenvalue weighted by Gasteiger charge is 2.03. The van der Waals surface area contributed by atoms with Gasteiger partial charge in [0.25, 0.3) is 0 Å². The van der Waals surface area contributed by atoms with Gasteiger partial charge in [0.1, 0.15) is 0 Å². The van der Waals surface area contributed by atoms with Gasteiger partial charge in [0, 0.05) is 23.0 Å². The summed E-state index contributed by atoms with van der Waals surface area (Å²) in [5, 5.41) is 2.62. The number of hydrogen-bond donors (Lipinski definition) is 3. The molecule has 2 aromatic rings. The topological polar surface area (TPSA) is 118 Å². The average molecular weight is 359 g/mol. The van der Waals surface area contributed by atoms with Crippen molar-refractivity contribution in [1.29, 1.82) is 0 Å². The van der Waals surface area contributed by atoms with E-state index in [1.165, 1.54) is 12.1 Å². The molecule has 0 saturated carbocycles. The Morgan fingerprint density at radius 2 is 1.72 bits per heavy atom. The quantitative estimate of drug-likeness (QED) is 0.682. The minimum Gasteiger partial charge on any atom is -0.366 e. The summed E-state index contributed by atoms with van der Waals surface area (Å²) in [6, 6.07) is 12.8. The summed E-state index contributed by atoms with van der Waals surface area (Å²) < 4.78 is 24.6. The van der Waals surface area contributed by atoms with Crippen LogP contribution in [-0.4, -0.2) is 26.5 Å². The summed E-state index contributed by atoms with van der Waals surface area (Å²) in [5.41, 5.74) is 7.11. The lowest BCUT2D eigenvalue weighted by atomic mass is 10.2. The number of amides is 2. The lowest BCUT2D eigenvalue weighted by Crippen LogP contribution is -2.12. The van der Waals surface area contributed by atoms with E-state index in [1.807, 2.05) is 0 Å². The zero-order chi connectivity index (χ0) is 18.4. The first-order valence-corrected chi connectivity index (χ1v) is 9.09. The average Bonchev–Trinajstić information content (AvgIpc) is 2.53. The van der Waals surface area contributed by atoms with Crippen molar-refractivity contribution in [1.82, 2.24) is 0 Å². The van der Waals surface area contributed by atoms with E-state index >= 15 is 0 Å². The Morgan fingerprint density at radius 1 is 1.04 bits per heavy atom. The maximum absolute atomic E-state index is 11.9. The summed E-state index contributed by atoms with van der Waals surface area (Å²) in [7, 11) is -3.33. The smallest absolute Gasteiger partial charge is 0.248 e. The highest BCUT2D eigenvalue weighted by atomic mass is 32.2. The Balaban J connectivity index is 2.00. The number of anilines is 2. The zero-order valence-electron chi connectivity index (χ0n) is 13.4. The zero-order valence-corrected chi connectivity index (χ0v) is 14.2. The van der Waals surface area contributed by atoms with Gasteiger partial charge in [0.2, 0.25) is 21.8 Å². The molecule has 0 unspecified atom stereocenters. The molecule has 4 N–H and O–H groups in total. The van der Waals surface area contributed by atoms with Crippen molar-refractivity contribution in [2.45, 2.75) is 0 Å². The number of nitrogens with two attached hydrogens (primary N) is 1. The molecule has 0 heterocycles. The van der Waals surface area contributed by atoms with Gasteiger partial charge in [-0.1, -0.05) is 18.2 Å². The molecule has 0 radical (unpaired) electrons. The lowest BCUT2D eigenvalue weighted by Gasteiger charge is -2.04. The van der Waals surface area contributed by atoms with Crippen LogP contribution in [0.3, 0.4) is 0 Å². The minimum absolute atomic E-state index is 0.302. The largest absolute Gasteiger partial charge is 0.366 e. The second kappa shape index (κ2) is 7.63. The minimum atomic E-state index is -3.33. The number of hydrogen-bond acceptors (Lipinski definition) is 4. The van der Waals surface area contributed by atoms with E-state index < -0.39 is 15.9 Å². The van der Waals surface area contributed by atoms with Crippen molar-refractivity contribution in [3.8, 4) is 0 Å². The molecule has 0 aromatic heterocycles. The van der Waals surface area contributed by atoms with E-state index in [2.05, 4.69) is 10.0 Å². The molecule has 130 valence electrons. The van der Waals surface area contributed by atoms with Crippen molar-refractivity contribution < 1.29 is 18.0 Å². The number of carbonyl (C=O) groups is 2. The molecular formula is C17H17N3O4S. The van der Waals surface area contributed by atoms with Crippen LogP contribution in [0.1, 0.15) is 15.9 Å². The third kappa shape index (κ3) is 6.11. The Kier molecular flexibility index (Phi) is 5.56. The molecule has 2 aromatic carbocycles. The van der Waals surface area contributed by atoms with Gasteiger partial charge in [-0.3, -0.25) is 14.3 Å². The standard InChI is InChI=1S/C17H17N3O4S/c1-25(23,24)20-14-8-5-12(6-9-14)7-10-16(21)19-15-4-2-3-13(11-15)17(18)22/h2-11,20H,1H3,(H2,18,22)(H,19,21)/b10-7+. The summed E-state index contributed by atoms with van der Waals surface area (Å²) in [6.07, 6.45) is 3.98. The highest BCUT2D eigenvalue weighted by molar-refractivity contribution is 7.92. The van der Waals surface area contributed by atoms with Crippen LogP contribution in [-0.2, 0) is 14.8 Å². The predicted octanol–water partition coefficient (Wildman–Crippen LogP) is 1.81. The van der Waals surface area contributed by atoms with Crippen LogP contribution in [0.2, 0.25) is 0 Å². The number of primary amides is 1. The van der Waals surface area contributed by atoms with Crippen LogP contribution in [0, 0.1) is 0 Å². The van der Waals surface area contributed by atoms with Gasteiger partial charge in [0.05, 0.1) is 6.26 Å². The summed E-state index contributed by atoms with van der Waals surface area (Å²) in [5.74, 6) is -0.950. The summed E-state index contributed by atoms with van der Waals surface area (Å²) in [6.45, 7) is 0. The van der Waals surface area contributed by atoms with E-state index in [9.17, 15) is 18.0 Å². The molecule has 2 amide bonds. The van der Waals surface area contributed by atoms with Crippen molar-refractivity contribution in [3.05, 3.63) is 65.7 Å². The monoisotopic (exact) mass is 359 g/mol. The van der Waals surface area contributed by atoms with Gasteiger partial charge in [-0.2, -0.15) is 0 Å². The maximum Gasteiger partial charge on any atom is 0.248 e. The van der Waals surface area contributed by atoms with E-state index in [1.54, 1.807) is 48.5 Å². The second-order valence-electron chi connectivity index (χ2n) is 5.26. The number of sulfonamides is 1.